The van der Waals surface area contributed by atoms with Crippen LogP contribution in [0, 0.1) is 0 Å². The fourth-order valence-electron chi connectivity index (χ4n) is 1.56. The summed E-state index contributed by atoms with van der Waals surface area (Å²) in [4.78, 5) is 0. The highest BCUT2D eigenvalue weighted by Gasteiger charge is 2.08. The van der Waals surface area contributed by atoms with E-state index < -0.39 is 0 Å². The number of nitrogens with two attached hydrogens (primary N) is 1. The van der Waals surface area contributed by atoms with Crippen LogP contribution in [0.25, 0.3) is 0 Å². The van der Waals surface area contributed by atoms with Crippen molar-refractivity contribution in [3.63, 3.8) is 0 Å². The van der Waals surface area contributed by atoms with Crippen molar-refractivity contribution in [3.05, 3.63) is 29.3 Å². The molecule has 0 heterocycles. The normalized spacial score (nSPS) is 11.6. The molecule has 6 nitrogen and oxygen atoms in total. The third kappa shape index (κ3) is 3.90. The zero-order chi connectivity index (χ0) is 13.4. The number of hydrogen-bond donors (Lipinski definition) is 4. The van der Waals surface area contributed by atoms with E-state index >= 15 is 0 Å². The van der Waals surface area contributed by atoms with Crippen LogP contribution in [-0.4, -0.2) is 36.4 Å². The molecule has 0 spiro atoms. The third-order valence-electron chi connectivity index (χ3n) is 2.49. The number of nitrogens with zero attached hydrogens (tertiary/aromatic N) is 1. The predicted molar refractivity (Wildman–Crippen MR) is 68.9 cm³/mol. The highest BCUT2D eigenvalue weighted by molar-refractivity contribution is 5.99. The van der Waals surface area contributed by atoms with Crippen molar-refractivity contribution < 1.29 is 15.1 Å². The number of rotatable bonds is 7. The zero-order valence-electron chi connectivity index (χ0n) is 10.4. The van der Waals surface area contributed by atoms with Gasteiger partial charge in [-0.25, -0.2) is 0 Å². The fourth-order valence-corrected chi connectivity index (χ4v) is 1.56. The Morgan fingerprint density at radius 3 is 2.89 bits per heavy atom. The van der Waals surface area contributed by atoms with Crippen LogP contribution in [0.2, 0.25) is 0 Å². The smallest absolute Gasteiger partial charge is 0.173 e. The topological polar surface area (TPSA) is 100 Å². The maximum Gasteiger partial charge on any atom is 0.173 e. The summed E-state index contributed by atoms with van der Waals surface area (Å²) >= 11 is 0. The Labute approximate surface area is 106 Å². The summed E-state index contributed by atoms with van der Waals surface area (Å²) in [5.41, 5.74) is 7.14. The van der Waals surface area contributed by atoms with E-state index in [2.05, 4.69) is 10.5 Å². The summed E-state index contributed by atoms with van der Waals surface area (Å²) in [5, 5.41) is 23.5. The molecule has 0 aliphatic rings. The van der Waals surface area contributed by atoms with Gasteiger partial charge in [-0.2, -0.15) is 0 Å². The molecule has 0 amide bonds. The van der Waals surface area contributed by atoms with Crippen LogP contribution in [0.5, 0.6) is 5.75 Å². The number of nitrogens with one attached hydrogen (secondary N) is 1. The SMILES string of the molecule is COc1ccc(CNCCCO)cc1C(N)=NO. The minimum absolute atomic E-state index is 0.0176. The first kappa shape index (κ1) is 14.3. The second-order valence-corrected chi connectivity index (χ2v) is 3.77. The first-order valence-corrected chi connectivity index (χ1v) is 5.69. The molecule has 5 N–H and O–H groups in total. The molecule has 6 heteroatoms. The maximum absolute atomic E-state index is 8.71. The molecule has 0 unspecified atom stereocenters. The molecular formula is C12H19N3O3. The summed E-state index contributed by atoms with van der Waals surface area (Å²) in [6.07, 6.45) is 0.712. The number of aliphatic hydroxyl groups is 1. The lowest BCUT2D eigenvalue weighted by Crippen LogP contribution is -2.18. The Balaban J connectivity index is 2.76. The number of amidine groups is 1. The van der Waals surface area contributed by atoms with Crippen LogP contribution in [0.3, 0.4) is 0 Å². The second kappa shape index (κ2) is 7.52. The Morgan fingerprint density at radius 2 is 2.28 bits per heavy atom. The first-order chi connectivity index (χ1) is 8.72. The van der Waals surface area contributed by atoms with Crippen molar-refractivity contribution in [3.8, 4) is 5.75 Å². The van der Waals surface area contributed by atoms with Gasteiger partial charge in [-0.1, -0.05) is 11.2 Å². The van der Waals surface area contributed by atoms with E-state index in [1.165, 1.54) is 7.11 Å². The van der Waals surface area contributed by atoms with E-state index in [0.29, 0.717) is 24.3 Å². The molecule has 0 saturated heterocycles. The number of oxime groups is 1. The van der Waals surface area contributed by atoms with Crippen LogP contribution in [-0.2, 0) is 6.54 Å². The number of ether oxygens (including phenoxy) is 1. The summed E-state index contributed by atoms with van der Waals surface area (Å²) < 4.78 is 5.14. The van der Waals surface area contributed by atoms with Gasteiger partial charge in [-0.3, -0.25) is 0 Å². The summed E-state index contributed by atoms with van der Waals surface area (Å²) in [5.74, 6) is 0.577. The third-order valence-corrected chi connectivity index (χ3v) is 2.49. The molecule has 1 aromatic rings. The van der Waals surface area contributed by atoms with Gasteiger partial charge in [0.2, 0.25) is 0 Å². The van der Waals surface area contributed by atoms with Crippen molar-refractivity contribution >= 4 is 5.84 Å². The number of hydrogen-bond acceptors (Lipinski definition) is 5. The van der Waals surface area contributed by atoms with E-state index in [1.54, 1.807) is 12.1 Å². The number of benzene rings is 1. The van der Waals surface area contributed by atoms with E-state index in [1.807, 2.05) is 6.07 Å². The highest BCUT2D eigenvalue weighted by atomic mass is 16.5. The quantitative estimate of drug-likeness (QED) is 0.184. The van der Waals surface area contributed by atoms with Crippen molar-refractivity contribution in [2.24, 2.45) is 10.9 Å². The van der Waals surface area contributed by atoms with Crippen LogP contribution in [0.4, 0.5) is 0 Å². The van der Waals surface area contributed by atoms with Crippen LogP contribution < -0.4 is 15.8 Å². The first-order valence-electron chi connectivity index (χ1n) is 5.69. The van der Waals surface area contributed by atoms with E-state index in [4.69, 9.17) is 20.8 Å². The Hall–Kier alpha value is -1.79. The Bertz CT molecular complexity index is 408. The molecule has 0 aliphatic carbocycles. The van der Waals surface area contributed by atoms with Gasteiger partial charge in [-0.05, 0) is 30.7 Å². The molecule has 0 fully saturated rings. The van der Waals surface area contributed by atoms with E-state index in [0.717, 1.165) is 12.1 Å². The molecule has 100 valence electrons. The molecule has 18 heavy (non-hydrogen) atoms. The van der Waals surface area contributed by atoms with E-state index in [9.17, 15) is 0 Å². The molecule has 0 radical (unpaired) electrons. The molecule has 1 rings (SSSR count). The average molecular weight is 253 g/mol. The molecule has 0 aromatic heterocycles. The van der Waals surface area contributed by atoms with Crippen LogP contribution >= 0.6 is 0 Å². The van der Waals surface area contributed by atoms with Crippen molar-refractivity contribution in [2.45, 2.75) is 13.0 Å². The van der Waals surface area contributed by atoms with Gasteiger partial charge in [0.15, 0.2) is 5.84 Å². The van der Waals surface area contributed by atoms with Gasteiger partial charge >= 0.3 is 0 Å². The minimum atomic E-state index is 0.0176. The summed E-state index contributed by atoms with van der Waals surface area (Å²) in [6, 6.07) is 5.48. The summed E-state index contributed by atoms with van der Waals surface area (Å²) in [7, 11) is 1.53. The lowest BCUT2D eigenvalue weighted by Gasteiger charge is -2.10. The fraction of sp³-hybridized carbons (Fsp3) is 0.417. The largest absolute Gasteiger partial charge is 0.496 e. The van der Waals surface area contributed by atoms with Gasteiger partial charge in [0.25, 0.3) is 0 Å². The maximum atomic E-state index is 8.71. The molecule has 0 aliphatic heterocycles. The van der Waals surface area contributed by atoms with Gasteiger partial charge in [0, 0.05) is 13.2 Å². The van der Waals surface area contributed by atoms with Crippen molar-refractivity contribution in [1.29, 1.82) is 0 Å². The molecule has 0 saturated carbocycles. The number of aliphatic hydroxyl groups excluding tert-OH is 1. The minimum Gasteiger partial charge on any atom is -0.496 e. The monoisotopic (exact) mass is 253 g/mol. The molecule has 0 atom stereocenters. The van der Waals surface area contributed by atoms with Crippen LogP contribution in [0.1, 0.15) is 17.5 Å². The summed E-state index contributed by atoms with van der Waals surface area (Å²) in [6.45, 7) is 1.56. The van der Waals surface area contributed by atoms with Crippen molar-refractivity contribution in [1.82, 2.24) is 5.32 Å². The van der Waals surface area contributed by atoms with Gasteiger partial charge < -0.3 is 26.1 Å². The molecular weight excluding hydrogens is 234 g/mol. The molecule has 1 aromatic carbocycles. The lowest BCUT2D eigenvalue weighted by atomic mass is 10.1. The van der Waals surface area contributed by atoms with Crippen LogP contribution in [0.15, 0.2) is 23.4 Å². The zero-order valence-corrected chi connectivity index (χ0v) is 10.4. The van der Waals surface area contributed by atoms with Crippen molar-refractivity contribution in [2.75, 3.05) is 20.3 Å². The average Bonchev–Trinajstić information content (AvgIpc) is 2.42. The van der Waals surface area contributed by atoms with Gasteiger partial charge in [-0.15, -0.1) is 0 Å². The highest BCUT2D eigenvalue weighted by Crippen LogP contribution is 2.19. The molecule has 0 bridgehead atoms. The van der Waals surface area contributed by atoms with Gasteiger partial charge in [0.05, 0.1) is 12.7 Å². The number of methoxy groups -OCH3 is 1. The second-order valence-electron chi connectivity index (χ2n) is 3.77. The Kier molecular flexibility index (Phi) is 5.96. The standard InChI is InChI=1S/C12H19N3O3/c1-18-11-4-3-9(8-14-5-2-6-16)7-10(11)12(13)15-17/h3-4,7,14,16-17H,2,5-6,8H2,1H3,(H2,13,15). The lowest BCUT2D eigenvalue weighted by molar-refractivity contribution is 0.286. The van der Waals surface area contributed by atoms with Gasteiger partial charge in [0.1, 0.15) is 5.75 Å². The van der Waals surface area contributed by atoms with E-state index in [-0.39, 0.29) is 12.4 Å². The predicted octanol–water partition coefficient (Wildman–Crippen LogP) is 0.262. The Morgan fingerprint density at radius 1 is 1.50 bits per heavy atom.